The second kappa shape index (κ2) is 6.70. The number of amides is 1. The molecule has 0 saturated carbocycles. The van der Waals surface area contributed by atoms with Crippen molar-refractivity contribution in [3.63, 3.8) is 0 Å². The van der Waals surface area contributed by atoms with E-state index in [1.54, 1.807) is 7.05 Å². The Kier molecular flexibility index (Phi) is 5.16. The minimum Gasteiger partial charge on any atom is -0.397 e. The van der Waals surface area contributed by atoms with Gasteiger partial charge in [0.2, 0.25) is 0 Å². The van der Waals surface area contributed by atoms with Crippen LogP contribution in [0.1, 0.15) is 40.3 Å². The molecule has 1 aliphatic heterocycles. The highest BCUT2D eigenvalue weighted by Crippen LogP contribution is 2.40. The van der Waals surface area contributed by atoms with E-state index in [1.165, 1.54) is 18.3 Å². The molecule has 1 aromatic heterocycles. The van der Waals surface area contributed by atoms with Gasteiger partial charge in [0.15, 0.2) is 5.78 Å². The van der Waals surface area contributed by atoms with Gasteiger partial charge in [0.25, 0.3) is 5.91 Å². The summed E-state index contributed by atoms with van der Waals surface area (Å²) < 4.78 is 0. The third kappa shape index (κ3) is 3.18. The maximum absolute atomic E-state index is 12.2. The first-order valence-corrected chi connectivity index (χ1v) is 8.87. The number of nitrogen functional groups attached to an aromatic ring is 1. The average molecular weight is 327 g/mol. The molecule has 1 aliphatic rings. The van der Waals surface area contributed by atoms with Crippen LogP contribution in [0.15, 0.2) is 0 Å². The molecular formula is C14H21N3O2S2. The van der Waals surface area contributed by atoms with Crippen LogP contribution in [0.4, 0.5) is 10.7 Å². The highest BCUT2D eigenvalue weighted by Gasteiger charge is 2.29. The summed E-state index contributed by atoms with van der Waals surface area (Å²) in [6.07, 6.45) is 1.09. The van der Waals surface area contributed by atoms with Crippen LogP contribution >= 0.6 is 23.1 Å². The molecule has 0 spiro atoms. The molecule has 1 amide bonds. The first-order chi connectivity index (χ1) is 9.99. The number of nitrogens with zero attached hydrogens (tertiary/aromatic N) is 1. The van der Waals surface area contributed by atoms with Gasteiger partial charge in [0.05, 0.1) is 16.1 Å². The number of nitrogens with two attached hydrogens (primary N) is 1. The summed E-state index contributed by atoms with van der Waals surface area (Å²) in [6.45, 7) is 5.43. The molecule has 5 nitrogen and oxygen atoms in total. The summed E-state index contributed by atoms with van der Waals surface area (Å²) >= 11 is 3.30. The van der Waals surface area contributed by atoms with E-state index in [4.69, 9.17) is 5.73 Å². The van der Waals surface area contributed by atoms with Crippen molar-refractivity contribution in [3.8, 4) is 0 Å². The Labute approximate surface area is 133 Å². The van der Waals surface area contributed by atoms with Crippen molar-refractivity contribution >= 4 is 45.5 Å². The number of ketones is 1. The van der Waals surface area contributed by atoms with Crippen LogP contribution in [0, 0.1) is 0 Å². The summed E-state index contributed by atoms with van der Waals surface area (Å²) in [5.74, 6) is 0.712. The molecule has 1 atom stereocenters. The van der Waals surface area contributed by atoms with E-state index in [2.05, 4.69) is 17.1 Å². The van der Waals surface area contributed by atoms with E-state index in [0.717, 1.165) is 30.3 Å². The molecule has 116 valence electrons. The van der Waals surface area contributed by atoms with Crippen LogP contribution in [-0.2, 0) is 0 Å². The Morgan fingerprint density at radius 1 is 1.48 bits per heavy atom. The normalized spacial score (nSPS) is 18.6. The molecule has 1 unspecified atom stereocenters. The monoisotopic (exact) mass is 327 g/mol. The number of nitrogens with one attached hydrogen (secondary N) is 1. The number of rotatable bonds is 4. The zero-order valence-corrected chi connectivity index (χ0v) is 14.2. The van der Waals surface area contributed by atoms with Crippen LogP contribution in [0.3, 0.4) is 0 Å². The summed E-state index contributed by atoms with van der Waals surface area (Å²) in [5.41, 5.74) is 6.82. The van der Waals surface area contributed by atoms with Gasteiger partial charge >= 0.3 is 0 Å². The van der Waals surface area contributed by atoms with Gasteiger partial charge in [-0.1, -0.05) is 6.92 Å². The third-order valence-electron chi connectivity index (χ3n) is 3.58. The molecular weight excluding hydrogens is 306 g/mol. The van der Waals surface area contributed by atoms with Crippen LogP contribution in [0.2, 0.25) is 0 Å². The molecule has 7 heteroatoms. The van der Waals surface area contributed by atoms with E-state index in [9.17, 15) is 9.59 Å². The smallest absolute Gasteiger partial charge is 0.256 e. The number of thiophene rings is 1. The van der Waals surface area contributed by atoms with Crippen LogP contribution in [0.5, 0.6) is 0 Å². The van der Waals surface area contributed by atoms with Crippen molar-refractivity contribution in [3.05, 3.63) is 10.4 Å². The molecule has 0 radical (unpaired) electrons. The topological polar surface area (TPSA) is 75.4 Å². The summed E-state index contributed by atoms with van der Waals surface area (Å²) in [7, 11) is 1.58. The minimum atomic E-state index is -0.225. The van der Waals surface area contributed by atoms with Crippen molar-refractivity contribution < 1.29 is 9.59 Å². The van der Waals surface area contributed by atoms with Crippen LogP contribution in [-0.4, -0.2) is 42.8 Å². The lowest BCUT2D eigenvalue weighted by Crippen LogP contribution is -2.38. The van der Waals surface area contributed by atoms with Gasteiger partial charge in [-0.15, -0.1) is 11.3 Å². The van der Waals surface area contributed by atoms with E-state index in [0.29, 0.717) is 21.4 Å². The van der Waals surface area contributed by atoms with Crippen molar-refractivity contribution in [2.75, 3.05) is 36.5 Å². The highest BCUT2D eigenvalue weighted by molar-refractivity contribution is 8.00. The number of carbonyl (C=O) groups is 2. The zero-order chi connectivity index (χ0) is 15.6. The fraction of sp³-hybridized carbons (Fsp3) is 0.571. The van der Waals surface area contributed by atoms with E-state index in [1.807, 2.05) is 11.8 Å². The Balaban J connectivity index is 2.44. The average Bonchev–Trinajstić information content (AvgIpc) is 2.84. The second-order valence-corrected chi connectivity index (χ2v) is 7.41. The number of thioether (sulfide) groups is 1. The number of anilines is 2. The number of hydrogen-bond acceptors (Lipinski definition) is 6. The van der Waals surface area contributed by atoms with E-state index >= 15 is 0 Å². The van der Waals surface area contributed by atoms with Crippen molar-refractivity contribution in [1.29, 1.82) is 0 Å². The molecule has 0 bridgehead atoms. The van der Waals surface area contributed by atoms with Gasteiger partial charge in [-0.2, -0.15) is 11.8 Å². The number of hydrogen-bond donors (Lipinski definition) is 2. The molecule has 1 fully saturated rings. The first kappa shape index (κ1) is 16.2. The SMILES string of the molecule is CCC1CN(c2sc(C(C)=O)c(N)c2C(=O)NC)CCS1. The maximum Gasteiger partial charge on any atom is 0.256 e. The quantitative estimate of drug-likeness (QED) is 0.830. The molecule has 1 saturated heterocycles. The van der Waals surface area contributed by atoms with E-state index < -0.39 is 0 Å². The van der Waals surface area contributed by atoms with Gasteiger partial charge in [0, 0.05) is 38.1 Å². The standard InChI is InChI=1S/C14H21N3O2S2/c1-4-9-7-17(5-6-20-9)14-10(13(19)16-3)11(15)12(21-14)8(2)18/h9H,4-7,15H2,1-3H3,(H,16,19). The molecule has 1 aromatic rings. The highest BCUT2D eigenvalue weighted by atomic mass is 32.2. The fourth-order valence-electron chi connectivity index (χ4n) is 2.41. The Morgan fingerprint density at radius 2 is 2.19 bits per heavy atom. The molecule has 2 rings (SSSR count). The van der Waals surface area contributed by atoms with Crippen molar-refractivity contribution in [2.45, 2.75) is 25.5 Å². The van der Waals surface area contributed by atoms with Crippen LogP contribution in [0.25, 0.3) is 0 Å². The van der Waals surface area contributed by atoms with Gasteiger partial charge in [-0.3, -0.25) is 9.59 Å². The zero-order valence-electron chi connectivity index (χ0n) is 12.6. The molecule has 2 heterocycles. The first-order valence-electron chi connectivity index (χ1n) is 7.01. The molecule has 3 N–H and O–H groups in total. The second-order valence-electron chi connectivity index (χ2n) is 5.01. The molecule has 0 aliphatic carbocycles. The van der Waals surface area contributed by atoms with Crippen molar-refractivity contribution in [2.24, 2.45) is 0 Å². The van der Waals surface area contributed by atoms with E-state index in [-0.39, 0.29) is 11.7 Å². The molecule has 21 heavy (non-hydrogen) atoms. The summed E-state index contributed by atoms with van der Waals surface area (Å²) in [6, 6.07) is 0. The predicted molar refractivity (Wildman–Crippen MR) is 90.9 cm³/mol. The number of Topliss-reactive ketones (excluding diaryl/α,β-unsaturated/α-hetero) is 1. The van der Waals surface area contributed by atoms with Crippen molar-refractivity contribution in [1.82, 2.24) is 5.32 Å². The third-order valence-corrected chi connectivity index (χ3v) is 6.32. The Bertz CT molecular complexity index is 557. The Morgan fingerprint density at radius 3 is 2.76 bits per heavy atom. The van der Waals surface area contributed by atoms with Gasteiger partial charge in [-0.05, 0) is 6.42 Å². The predicted octanol–water partition coefficient (Wildman–Crippen LogP) is 2.22. The van der Waals surface area contributed by atoms with Crippen LogP contribution < -0.4 is 16.0 Å². The van der Waals surface area contributed by atoms with Gasteiger partial charge in [-0.25, -0.2) is 0 Å². The lowest BCUT2D eigenvalue weighted by molar-refractivity contribution is 0.0964. The minimum absolute atomic E-state index is 0.0904. The number of carbonyl (C=O) groups excluding carboxylic acids is 2. The largest absolute Gasteiger partial charge is 0.397 e. The summed E-state index contributed by atoms with van der Waals surface area (Å²) in [5, 5.41) is 4.01. The summed E-state index contributed by atoms with van der Waals surface area (Å²) in [4.78, 5) is 26.6. The Hall–Kier alpha value is -1.21. The maximum atomic E-state index is 12.2. The molecule has 0 aromatic carbocycles. The fourth-order valence-corrected chi connectivity index (χ4v) is 4.74. The van der Waals surface area contributed by atoms with Gasteiger partial charge < -0.3 is 16.0 Å². The van der Waals surface area contributed by atoms with Gasteiger partial charge in [0.1, 0.15) is 5.00 Å². The lowest BCUT2D eigenvalue weighted by Gasteiger charge is -2.33. The lowest BCUT2D eigenvalue weighted by atomic mass is 10.2.